The van der Waals surface area contributed by atoms with Gasteiger partial charge in [0.15, 0.2) is 0 Å². The molecule has 0 radical (unpaired) electrons. The Morgan fingerprint density at radius 1 is 1.47 bits per heavy atom. The number of rotatable bonds is 3. The maximum atomic E-state index is 12.3. The molecular formula is C12H23N3O2. The van der Waals surface area contributed by atoms with E-state index >= 15 is 0 Å². The van der Waals surface area contributed by atoms with Crippen LogP contribution in [0.4, 0.5) is 0 Å². The fourth-order valence-electron chi connectivity index (χ4n) is 2.24. The number of likely N-dealkylation sites (N-methyl/N-ethyl adjacent to an activating group) is 1. The fourth-order valence-corrected chi connectivity index (χ4v) is 2.24. The highest BCUT2D eigenvalue weighted by Gasteiger charge is 2.43. The molecule has 0 aromatic carbocycles. The second kappa shape index (κ2) is 5.04. The summed E-state index contributed by atoms with van der Waals surface area (Å²) >= 11 is 0. The van der Waals surface area contributed by atoms with Crippen molar-refractivity contribution in [1.29, 1.82) is 0 Å². The van der Waals surface area contributed by atoms with Crippen molar-refractivity contribution in [3.8, 4) is 0 Å². The van der Waals surface area contributed by atoms with E-state index in [2.05, 4.69) is 0 Å². The highest BCUT2D eigenvalue weighted by Crippen LogP contribution is 2.24. The number of amides is 2. The predicted molar refractivity (Wildman–Crippen MR) is 66.3 cm³/mol. The normalized spacial score (nSPS) is 21.6. The summed E-state index contributed by atoms with van der Waals surface area (Å²) in [7, 11) is 1.77. The molecule has 1 aliphatic heterocycles. The predicted octanol–water partition coefficient (Wildman–Crippen LogP) is 0.0505. The lowest BCUT2D eigenvalue weighted by atomic mass is 9.94. The number of carbonyl (C=O) groups is 2. The topological polar surface area (TPSA) is 66.6 Å². The van der Waals surface area contributed by atoms with Gasteiger partial charge in [-0.3, -0.25) is 9.59 Å². The van der Waals surface area contributed by atoms with Gasteiger partial charge in [-0.1, -0.05) is 6.92 Å². The van der Waals surface area contributed by atoms with Crippen LogP contribution in [0.3, 0.4) is 0 Å². The molecule has 0 bridgehead atoms. The van der Waals surface area contributed by atoms with Gasteiger partial charge in [0.2, 0.25) is 11.8 Å². The molecule has 1 aliphatic rings. The molecule has 98 valence electrons. The zero-order valence-corrected chi connectivity index (χ0v) is 11.2. The Morgan fingerprint density at radius 2 is 2.06 bits per heavy atom. The van der Waals surface area contributed by atoms with E-state index in [-0.39, 0.29) is 17.7 Å². The van der Waals surface area contributed by atoms with E-state index in [4.69, 9.17) is 5.73 Å². The number of hydrogen-bond donors (Lipinski definition) is 1. The van der Waals surface area contributed by atoms with E-state index in [9.17, 15) is 9.59 Å². The summed E-state index contributed by atoms with van der Waals surface area (Å²) in [6.07, 6.45) is 0.662. The molecule has 0 aromatic heterocycles. The third-order valence-electron chi connectivity index (χ3n) is 3.49. The summed E-state index contributed by atoms with van der Waals surface area (Å²) in [5.41, 5.74) is 4.72. The number of carbonyl (C=O) groups excluding carboxylic acids is 2. The number of hydrogen-bond acceptors (Lipinski definition) is 3. The summed E-state index contributed by atoms with van der Waals surface area (Å²) in [5, 5.41) is 0. The van der Waals surface area contributed by atoms with Crippen LogP contribution in [0.15, 0.2) is 0 Å². The van der Waals surface area contributed by atoms with Crippen LogP contribution in [0.2, 0.25) is 0 Å². The van der Waals surface area contributed by atoms with Gasteiger partial charge in [-0.2, -0.15) is 0 Å². The van der Waals surface area contributed by atoms with Gasteiger partial charge >= 0.3 is 0 Å². The Morgan fingerprint density at radius 3 is 2.59 bits per heavy atom. The lowest BCUT2D eigenvalue weighted by Crippen LogP contribution is -2.64. The molecule has 5 heteroatoms. The SMILES string of the molecule is CC(CCN)C(=O)N1CCN(C)C(=O)C1(C)C. The van der Waals surface area contributed by atoms with Crippen LogP contribution in [-0.2, 0) is 9.59 Å². The van der Waals surface area contributed by atoms with Crippen LogP contribution in [0.25, 0.3) is 0 Å². The van der Waals surface area contributed by atoms with Crippen molar-refractivity contribution < 1.29 is 9.59 Å². The summed E-state index contributed by atoms with van der Waals surface area (Å²) in [4.78, 5) is 27.7. The smallest absolute Gasteiger partial charge is 0.247 e. The van der Waals surface area contributed by atoms with Crippen LogP contribution in [0.1, 0.15) is 27.2 Å². The van der Waals surface area contributed by atoms with Gasteiger partial charge in [0.25, 0.3) is 0 Å². The molecule has 1 unspecified atom stereocenters. The highest BCUT2D eigenvalue weighted by atomic mass is 16.2. The Hall–Kier alpha value is -1.10. The van der Waals surface area contributed by atoms with Gasteiger partial charge in [0, 0.05) is 26.1 Å². The maximum absolute atomic E-state index is 12.3. The minimum absolute atomic E-state index is 0.00273. The van der Waals surface area contributed by atoms with Crippen molar-refractivity contribution in [1.82, 2.24) is 9.80 Å². The van der Waals surface area contributed by atoms with E-state index in [0.29, 0.717) is 26.1 Å². The largest absolute Gasteiger partial charge is 0.342 e. The standard InChI is InChI=1S/C12H23N3O2/c1-9(5-6-13)10(16)15-8-7-14(4)11(17)12(15,2)3/h9H,5-8,13H2,1-4H3. The summed E-state index contributed by atoms with van der Waals surface area (Å²) < 4.78 is 0. The lowest BCUT2D eigenvalue weighted by molar-refractivity contribution is -0.159. The van der Waals surface area contributed by atoms with Gasteiger partial charge in [-0.25, -0.2) is 0 Å². The minimum atomic E-state index is -0.743. The monoisotopic (exact) mass is 241 g/mol. The van der Waals surface area contributed by atoms with Crippen molar-refractivity contribution in [2.45, 2.75) is 32.7 Å². The number of piperazine rings is 1. The molecule has 0 aliphatic carbocycles. The first kappa shape index (κ1) is 14.0. The number of nitrogens with zero attached hydrogens (tertiary/aromatic N) is 2. The van der Waals surface area contributed by atoms with Crippen LogP contribution < -0.4 is 5.73 Å². The van der Waals surface area contributed by atoms with E-state index in [0.717, 1.165) is 0 Å². The van der Waals surface area contributed by atoms with Gasteiger partial charge in [0.05, 0.1) is 0 Å². The molecule has 1 saturated heterocycles. The van der Waals surface area contributed by atoms with Crippen molar-refractivity contribution in [2.75, 3.05) is 26.7 Å². The molecule has 1 atom stereocenters. The lowest BCUT2D eigenvalue weighted by Gasteiger charge is -2.45. The fraction of sp³-hybridized carbons (Fsp3) is 0.833. The van der Waals surface area contributed by atoms with E-state index < -0.39 is 5.54 Å². The van der Waals surface area contributed by atoms with E-state index in [1.54, 1.807) is 30.7 Å². The summed E-state index contributed by atoms with van der Waals surface area (Å²) in [6, 6.07) is 0. The first-order valence-corrected chi connectivity index (χ1v) is 6.09. The molecule has 1 rings (SSSR count). The Kier molecular flexibility index (Phi) is 4.14. The Labute approximate surface area is 103 Å². The number of nitrogens with two attached hydrogens (primary N) is 1. The molecule has 2 N–H and O–H groups in total. The van der Waals surface area contributed by atoms with Crippen molar-refractivity contribution >= 4 is 11.8 Å². The Balaban J connectivity index is 2.84. The molecule has 1 fully saturated rings. The zero-order chi connectivity index (χ0) is 13.2. The third kappa shape index (κ3) is 2.60. The average Bonchev–Trinajstić information content (AvgIpc) is 2.26. The molecule has 2 amide bonds. The van der Waals surface area contributed by atoms with E-state index in [1.807, 2.05) is 6.92 Å². The molecule has 0 aromatic rings. The second-order valence-corrected chi connectivity index (χ2v) is 5.25. The summed E-state index contributed by atoms with van der Waals surface area (Å²) in [5.74, 6) is -0.0885. The van der Waals surface area contributed by atoms with Crippen LogP contribution in [0, 0.1) is 5.92 Å². The van der Waals surface area contributed by atoms with Gasteiger partial charge in [-0.15, -0.1) is 0 Å². The maximum Gasteiger partial charge on any atom is 0.247 e. The van der Waals surface area contributed by atoms with Crippen LogP contribution in [0.5, 0.6) is 0 Å². The quantitative estimate of drug-likeness (QED) is 0.759. The molecule has 0 saturated carbocycles. The molecule has 5 nitrogen and oxygen atoms in total. The second-order valence-electron chi connectivity index (χ2n) is 5.25. The molecule has 17 heavy (non-hydrogen) atoms. The first-order chi connectivity index (χ1) is 7.82. The van der Waals surface area contributed by atoms with Gasteiger partial charge in [-0.05, 0) is 26.8 Å². The average molecular weight is 241 g/mol. The van der Waals surface area contributed by atoms with Crippen molar-refractivity contribution in [3.63, 3.8) is 0 Å². The summed E-state index contributed by atoms with van der Waals surface area (Å²) in [6.45, 7) is 7.17. The molecule has 0 spiro atoms. The molecule has 1 heterocycles. The van der Waals surface area contributed by atoms with Crippen LogP contribution in [-0.4, -0.2) is 53.8 Å². The van der Waals surface area contributed by atoms with Crippen molar-refractivity contribution in [2.24, 2.45) is 11.7 Å². The third-order valence-corrected chi connectivity index (χ3v) is 3.49. The molecular weight excluding hydrogens is 218 g/mol. The van der Waals surface area contributed by atoms with Gasteiger partial charge in [0.1, 0.15) is 5.54 Å². The highest BCUT2D eigenvalue weighted by molar-refractivity contribution is 5.92. The minimum Gasteiger partial charge on any atom is -0.342 e. The van der Waals surface area contributed by atoms with Crippen molar-refractivity contribution in [3.05, 3.63) is 0 Å². The van der Waals surface area contributed by atoms with E-state index in [1.165, 1.54) is 0 Å². The zero-order valence-electron chi connectivity index (χ0n) is 11.2. The van der Waals surface area contributed by atoms with Crippen LogP contribution >= 0.6 is 0 Å². The first-order valence-electron chi connectivity index (χ1n) is 6.09. The van der Waals surface area contributed by atoms with Gasteiger partial charge < -0.3 is 15.5 Å². The Bertz CT molecular complexity index is 315.